The third kappa shape index (κ3) is 3.55. The highest BCUT2D eigenvalue weighted by molar-refractivity contribution is 6.17. The molecule has 0 aliphatic heterocycles. The number of halogens is 1. The van der Waals surface area contributed by atoms with Crippen LogP contribution in [0.25, 0.3) is 0 Å². The lowest BCUT2D eigenvalue weighted by atomic mass is 10.2. The van der Waals surface area contributed by atoms with Crippen molar-refractivity contribution in [1.29, 1.82) is 0 Å². The fourth-order valence-corrected chi connectivity index (χ4v) is 1.65. The van der Waals surface area contributed by atoms with Gasteiger partial charge in [-0.15, -0.1) is 11.6 Å². The Morgan fingerprint density at radius 3 is 2.77 bits per heavy atom. The Balaban J connectivity index is 2.12. The Bertz CT molecular complexity index is 184. The molecule has 1 saturated carbocycles. The van der Waals surface area contributed by atoms with E-state index >= 15 is 0 Å². The molecule has 2 nitrogen and oxygen atoms in total. The van der Waals surface area contributed by atoms with E-state index in [4.69, 9.17) is 11.6 Å². The van der Waals surface area contributed by atoms with Crippen LogP contribution in [0.2, 0.25) is 0 Å². The molecule has 1 fully saturated rings. The molecule has 1 amide bonds. The van der Waals surface area contributed by atoms with Crippen LogP contribution < -0.4 is 5.32 Å². The summed E-state index contributed by atoms with van der Waals surface area (Å²) in [6.07, 6.45) is 3.02. The van der Waals surface area contributed by atoms with Crippen LogP contribution in [0.5, 0.6) is 0 Å². The molecule has 0 spiro atoms. The lowest BCUT2D eigenvalue weighted by Gasteiger charge is -2.12. The number of amides is 1. The molecule has 13 heavy (non-hydrogen) atoms. The molecule has 0 bridgehead atoms. The first kappa shape index (κ1) is 10.8. The average molecular weight is 204 g/mol. The average Bonchev–Trinajstić information content (AvgIpc) is 2.79. The van der Waals surface area contributed by atoms with E-state index in [0.29, 0.717) is 17.7 Å². The highest BCUT2D eigenvalue weighted by atomic mass is 35.5. The quantitative estimate of drug-likeness (QED) is 0.682. The maximum Gasteiger partial charge on any atom is 0.223 e. The molecule has 3 unspecified atom stereocenters. The van der Waals surface area contributed by atoms with Gasteiger partial charge >= 0.3 is 0 Å². The van der Waals surface area contributed by atoms with Crippen LogP contribution in [0.1, 0.15) is 33.1 Å². The van der Waals surface area contributed by atoms with E-state index in [-0.39, 0.29) is 11.9 Å². The van der Waals surface area contributed by atoms with Gasteiger partial charge in [-0.2, -0.15) is 0 Å². The first-order valence-electron chi connectivity index (χ1n) is 5.01. The third-order valence-corrected chi connectivity index (χ3v) is 2.87. The fraction of sp³-hybridized carbons (Fsp3) is 0.900. The van der Waals surface area contributed by atoms with Crippen LogP contribution in [0, 0.1) is 11.8 Å². The lowest BCUT2D eigenvalue weighted by Crippen LogP contribution is -2.34. The molecular formula is C10H18ClNO. The van der Waals surface area contributed by atoms with E-state index in [2.05, 4.69) is 12.2 Å². The maximum absolute atomic E-state index is 11.4. The van der Waals surface area contributed by atoms with Gasteiger partial charge in [0.15, 0.2) is 0 Å². The molecule has 0 saturated heterocycles. The van der Waals surface area contributed by atoms with Gasteiger partial charge in [-0.3, -0.25) is 4.79 Å². The van der Waals surface area contributed by atoms with Gasteiger partial charge in [0.25, 0.3) is 0 Å². The molecule has 0 heterocycles. The summed E-state index contributed by atoms with van der Waals surface area (Å²) in [5, 5.41) is 3.01. The summed E-state index contributed by atoms with van der Waals surface area (Å²) in [5.74, 6) is 1.80. The monoisotopic (exact) mass is 203 g/mol. The van der Waals surface area contributed by atoms with Crippen molar-refractivity contribution in [2.45, 2.75) is 39.2 Å². The number of hydrogen-bond acceptors (Lipinski definition) is 1. The van der Waals surface area contributed by atoms with E-state index in [1.54, 1.807) is 0 Å². The van der Waals surface area contributed by atoms with Gasteiger partial charge in [0, 0.05) is 17.8 Å². The Morgan fingerprint density at radius 1 is 1.69 bits per heavy atom. The Hall–Kier alpha value is -0.240. The maximum atomic E-state index is 11.4. The molecule has 76 valence electrons. The van der Waals surface area contributed by atoms with Gasteiger partial charge in [0.1, 0.15) is 0 Å². The smallest absolute Gasteiger partial charge is 0.223 e. The number of rotatable bonds is 5. The summed E-state index contributed by atoms with van der Waals surface area (Å²) in [7, 11) is 0. The highest BCUT2D eigenvalue weighted by Crippen LogP contribution is 2.37. The minimum atomic E-state index is 0.231. The van der Waals surface area contributed by atoms with E-state index in [1.807, 2.05) is 6.92 Å². The van der Waals surface area contributed by atoms with Crippen molar-refractivity contribution in [2.24, 2.45) is 11.8 Å². The fourth-order valence-electron chi connectivity index (χ4n) is 1.49. The van der Waals surface area contributed by atoms with Gasteiger partial charge in [-0.05, 0) is 32.1 Å². The number of carbonyl (C=O) groups excluding carboxylic acids is 1. The van der Waals surface area contributed by atoms with Crippen LogP contribution in [-0.2, 0) is 4.79 Å². The number of hydrogen-bond donors (Lipinski definition) is 1. The molecule has 0 aromatic heterocycles. The van der Waals surface area contributed by atoms with Gasteiger partial charge in [-0.1, -0.05) is 6.92 Å². The predicted octanol–water partition coefficient (Wildman–Crippen LogP) is 2.17. The first-order chi connectivity index (χ1) is 6.15. The minimum Gasteiger partial charge on any atom is -0.353 e. The van der Waals surface area contributed by atoms with Gasteiger partial charge < -0.3 is 5.32 Å². The van der Waals surface area contributed by atoms with Crippen LogP contribution in [0.3, 0.4) is 0 Å². The van der Waals surface area contributed by atoms with E-state index < -0.39 is 0 Å². The summed E-state index contributed by atoms with van der Waals surface area (Å²) in [5.41, 5.74) is 0. The zero-order chi connectivity index (χ0) is 9.84. The van der Waals surface area contributed by atoms with Crippen LogP contribution in [-0.4, -0.2) is 17.8 Å². The third-order valence-electron chi connectivity index (χ3n) is 2.61. The minimum absolute atomic E-state index is 0.231. The van der Waals surface area contributed by atoms with Crippen molar-refractivity contribution in [3.8, 4) is 0 Å². The summed E-state index contributed by atoms with van der Waals surface area (Å²) < 4.78 is 0. The van der Waals surface area contributed by atoms with Crippen LogP contribution >= 0.6 is 11.6 Å². The van der Waals surface area contributed by atoms with Gasteiger partial charge in [0.2, 0.25) is 5.91 Å². The number of alkyl halides is 1. The molecule has 1 N–H and O–H groups in total. The van der Waals surface area contributed by atoms with Crippen molar-refractivity contribution in [1.82, 2.24) is 5.32 Å². The molecular weight excluding hydrogens is 186 g/mol. The second kappa shape index (κ2) is 4.85. The van der Waals surface area contributed by atoms with Crippen molar-refractivity contribution in [3.05, 3.63) is 0 Å². The molecule has 1 aliphatic carbocycles. The molecule has 0 aromatic carbocycles. The van der Waals surface area contributed by atoms with Crippen molar-refractivity contribution in [3.63, 3.8) is 0 Å². The second-order valence-electron chi connectivity index (χ2n) is 4.06. The summed E-state index contributed by atoms with van der Waals surface area (Å²) in [6, 6.07) is 0.277. The molecule has 1 aliphatic rings. The molecule has 1 rings (SSSR count). The Morgan fingerprint density at radius 2 is 2.31 bits per heavy atom. The molecule has 0 aromatic rings. The standard InChI is InChI=1S/C10H18ClNO/c1-7-6-9(7)10(13)12-8(2)4-3-5-11/h7-9H,3-6H2,1-2H3,(H,12,13). The highest BCUT2D eigenvalue weighted by Gasteiger charge is 2.39. The Labute approximate surface area is 85.0 Å². The number of carbonyl (C=O) groups is 1. The first-order valence-corrected chi connectivity index (χ1v) is 5.55. The second-order valence-corrected chi connectivity index (χ2v) is 4.44. The summed E-state index contributed by atoms with van der Waals surface area (Å²) in [6.45, 7) is 4.16. The number of nitrogens with one attached hydrogen (secondary N) is 1. The van der Waals surface area contributed by atoms with Crippen molar-refractivity contribution < 1.29 is 4.79 Å². The van der Waals surface area contributed by atoms with E-state index in [0.717, 1.165) is 19.3 Å². The van der Waals surface area contributed by atoms with Crippen molar-refractivity contribution in [2.75, 3.05) is 5.88 Å². The Kier molecular flexibility index (Phi) is 4.04. The predicted molar refractivity (Wildman–Crippen MR) is 54.8 cm³/mol. The van der Waals surface area contributed by atoms with E-state index in [1.165, 1.54) is 0 Å². The molecule has 3 atom stereocenters. The zero-order valence-electron chi connectivity index (χ0n) is 8.35. The summed E-state index contributed by atoms with van der Waals surface area (Å²) >= 11 is 5.57. The van der Waals surface area contributed by atoms with Crippen molar-refractivity contribution >= 4 is 17.5 Å². The van der Waals surface area contributed by atoms with Crippen LogP contribution in [0.4, 0.5) is 0 Å². The van der Waals surface area contributed by atoms with Gasteiger partial charge in [0.05, 0.1) is 0 Å². The SMILES string of the molecule is CC(CCCCl)NC(=O)C1CC1C. The van der Waals surface area contributed by atoms with Crippen LogP contribution in [0.15, 0.2) is 0 Å². The van der Waals surface area contributed by atoms with E-state index in [9.17, 15) is 4.79 Å². The molecule has 0 radical (unpaired) electrons. The normalized spacial score (nSPS) is 28.2. The lowest BCUT2D eigenvalue weighted by molar-refractivity contribution is -0.123. The topological polar surface area (TPSA) is 29.1 Å². The van der Waals surface area contributed by atoms with Gasteiger partial charge in [-0.25, -0.2) is 0 Å². The summed E-state index contributed by atoms with van der Waals surface area (Å²) in [4.78, 5) is 11.4. The molecule has 3 heteroatoms. The zero-order valence-corrected chi connectivity index (χ0v) is 9.10. The largest absolute Gasteiger partial charge is 0.353 e.